The molecule has 0 aliphatic rings. The number of aliphatic hydroxyl groups excluding tert-OH is 1. The Labute approximate surface area is 109 Å². The Kier molecular flexibility index (Phi) is 5.12. The van der Waals surface area contributed by atoms with Gasteiger partial charge in [-0.05, 0) is 24.6 Å². The Morgan fingerprint density at radius 1 is 1.44 bits per heavy atom. The molecule has 1 aromatic carbocycles. The largest absolute Gasteiger partial charge is 0.480 e. The lowest BCUT2D eigenvalue weighted by Crippen LogP contribution is -2.41. The Balaban J connectivity index is 2.86. The van der Waals surface area contributed by atoms with Crippen LogP contribution in [0.15, 0.2) is 18.2 Å². The number of aryl methyl sites for hydroxylation is 1. The van der Waals surface area contributed by atoms with Gasteiger partial charge in [0.2, 0.25) is 0 Å². The molecular weight excluding hydrogens is 258 g/mol. The molecule has 98 valence electrons. The van der Waals surface area contributed by atoms with Gasteiger partial charge in [0, 0.05) is 23.6 Å². The minimum atomic E-state index is -1.18. The van der Waals surface area contributed by atoms with Crippen molar-refractivity contribution in [3.63, 3.8) is 0 Å². The van der Waals surface area contributed by atoms with Crippen LogP contribution >= 0.6 is 11.6 Å². The molecule has 0 aliphatic carbocycles. The third-order valence-corrected chi connectivity index (χ3v) is 2.70. The molecule has 0 heterocycles. The molecule has 0 fully saturated rings. The van der Waals surface area contributed by atoms with Gasteiger partial charge in [-0.1, -0.05) is 17.7 Å². The second-order valence-electron chi connectivity index (χ2n) is 3.84. The van der Waals surface area contributed by atoms with Crippen molar-refractivity contribution in [3.05, 3.63) is 34.3 Å². The summed E-state index contributed by atoms with van der Waals surface area (Å²) in [6.07, 6.45) is -0.0410. The number of benzene rings is 1. The van der Waals surface area contributed by atoms with Gasteiger partial charge in [0.05, 0.1) is 0 Å². The summed E-state index contributed by atoms with van der Waals surface area (Å²) in [7, 11) is 0. The quantitative estimate of drug-likeness (QED) is 0.751. The zero-order valence-electron chi connectivity index (χ0n) is 9.81. The predicted octanol–water partition coefficient (Wildman–Crippen LogP) is 1.21. The fourth-order valence-corrected chi connectivity index (χ4v) is 1.63. The molecule has 0 radical (unpaired) electrons. The number of nitrogens with one attached hydrogen (secondary N) is 1. The lowest BCUT2D eigenvalue weighted by molar-refractivity contribution is -0.139. The number of carboxylic acids is 1. The molecule has 1 rings (SSSR count). The second kappa shape index (κ2) is 6.37. The molecule has 0 bridgehead atoms. The van der Waals surface area contributed by atoms with Crippen molar-refractivity contribution in [1.29, 1.82) is 0 Å². The summed E-state index contributed by atoms with van der Waals surface area (Å²) >= 11 is 5.78. The van der Waals surface area contributed by atoms with Gasteiger partial charge in [0.25, 0.3) is 5.91 Å². The first-order chi connectivity index (χ1) is 8.45. The Bertz CT molecular complexity index is 461. The monoisotopic (exact) mass is 271 g/mol. The van der Waals surface area contributed by atoms with E-state index in [0.717, 1.165) is 0 Å². The first-order valence-electron chi connectivity index (χ1n) is 5.36. The van der Waals surface area contributed by atoms with Gasteiger partial charge in [-0.3, -0.25) is 4.79 Å². The third kappa shape index (κ3) is 3.72. The summed E-state index contributed by atoms with van der Waals surface area (Å²) in [6.45, 7) is 1.42. The number of carbonyl (C=O) groups excluding carboxylic acids is 1. The van der Waals surface area contributed by atoms with Crippen LogP contribution in [0.25, 0.3) is 0 Å². The average molecular weight is 272 g/mol. The van der Waals surface area contributed by atoms with E-state index in [1.54, 1.807) is 19.1 Å². The summed E-state index contributed by atoms with van der Waals surface area (Å²) in [5, 5.41) is 20.4. The second-order valence-corrected chi connectivity index (χ2v) is 4.27. The van der Waals surface area contributed by atoms with E-state index in [-0.39, 0.29) is 13.0 Å². The number of hydrogen-bond acceptors (Lipinski definition) is 3. The highest BCUT2D eigenvalue weighted by atomic mass is 35.5. The molecule has 0 saturated carbocycles. The predicted molar refractivity (Wildman–Crippen MR) is 66.8 cm³/mol. The molecule has 0 saturated heterocycles. The minimum Gasteiger partial charge on any atom is -0.480 e. The van der Waals surface area contributed by atoms with Crippen molar-refractivity contribution in [1.82, 2.24) is 5.32 Å². The zero-order chi connectivity index (χ0) is 13.7. The van der Waals surface area contributed by atoms with E-state index in [4.69, 9.17) is 21.8 Å². The van der Waals surface area contributed by atoms with E-state index in [1.807, 2.05) is 0 Å². The van der Waals surface area contributed by atoms with Gasteiger partial charge in [-0.15, -0.1) is 0 Å². The topological polar surface area (TPSA) is 86.6 Å². The molecule has 5 nitrogen and oxygen atoms in total. The molecule has 1 amide bonds. The summed E-state index contributed by atoms with van der Waals surface area (Å²) < 4.78 is 0. The van der Waals surface area contributed by atoms with E-state index in [1.165, 1.54) is 6.07 Å². The van der Waals surface area contributed by atoms with Crippen LogP contribution in [0.3, 0.4) is 0 Å². The number of amides is 1. The van der Waals surface area contributed by atoms with E-state index in [9.17, 15) is 9.59 Å². The molecule has 1 atom stereocenters. The molecule has 3 N–H and O–H groups in total. The van der Waals surface area contributed by atoms with Crippen LogP contribution in [0, 0.1) is 6.92 Å². The van der Waals surface area contributed by atoms with Crippen molar-refractivity contribution in [3.8, 4) is 0 Å². The number of halogens is 1. The number of aliphatic hydroxyl groups is 1. The highest BCUT2D eigenvalue weighted by Crippen LogP contribution is 2.15. The summed E-state index contributed by atoms with van der Waals surface area (Å²) in [6, 6.07) is 3.69. The number of aliphatic carboxylic acids is 1. The maximum absolute atomic E-state index is 11.9. The fraction of sp³-hybridized carbons (Fsp3) is 0.333. The molecule has 0 spiro atoms. The van der Waals surface area contributed by atoms with Crippen LogP contribution in [0.5, 0.6) is 0 Å². The van der Waals surface area contributed by atoms with Gasteiger partial charge < -0.3 is 15.5 Å². The number of rotatable bonds is 5. The lowest BCUT2D eigenvalue weighted by atomic mass is 10.1. The number of carbonyl (C=O) groups is 2. The van der Waals surface area contributed by atoms with E-state index >= 15 is 0 Å². The Morgan fingerprint density at radius 3 is 2.67 bits per heavy atom. The Morgan fingerprint density at radius 2 is 2.11 bits per heavy atom. The molecule has 0 unspecified atom stereocenters. The van der Waals surface area contributed by atoms with Crippen molar-refractivity contribution in [2.75, 3.05) is 6.61 Å². The van der Waals surface area contributed by atoms with E-state index in [2.05, 4.69) is 5.32 Å². The summed E-state index contributed by atoms with van der Waals surface area (Å²) in [5.41, 5.74) is 1.02. The van der Waals surface area contributed by atoms with Crippen LogP contribution in [0.1, 0.15) is 22.3 Å². The van der Waals surface area contributed by atoms with E-state index in [0.29, 0.717) is 16.1 Å². The van der Waals surface area contributed by atoms with Crippen LogP contribution < -0.4 is 5.32 Å². The first kappa shape index (κ1) is 14.5. The maximum Gasteiger partial charge on any atom is 0.326 e. The molecule has 0 aromatic heterocycles. The van der Waals surface area contributed by atoms with Gasteiger partial charge in [-0.2, -0.15) is 0 Å². The normalized spacial score (nSPS) is 11.9. The average Bonchev–Trinajstić information content (AvgIpc) is 2.31. The van der Waals surface area contributed by atoms with Crippen LogP contribution in [0.2, 0.25) is 5.02 Å². The van der Waals surface area contributed by atoms with Crippen LogP contribution in [-0.2, 0) is 4.79 Å². The highest BCUT2D eigenvalue weighted by molar-refractivity contribution is 6.31. The molecular formula is C12H14ClNO4. The maximum atomic E-state index is 11.9. The number of carboxylic acid groups (broad SMARTS) is 1. The summed E-state index contributed by atoms with van der Waals surface area (Å²) in [4.78, 5) is 22.7. The minimum absolute atomic E-state index is 0.0410. The van der Waals surface area contributed by atoms with Crippen molar-refractivity contribution in [2.24, 2.45) is 0 Å². The SMILES string of the molecule is Cc1ccc(Cl)cc1C(=O)N[C@H](CCO)C(=O)O. The van der Waals surface area contributed by atoms with Gasteiger partial charge in [0.1, 0.15) is 6.04 Å². The first-order valence-corrected chi connectivity index (χ1v) is 5.74. The van der Waals surface area contributed by atoms with Gasteiger partial charge in [-0.25, -0.2) is 4.79 Å². The van der Waals surface area contributed by atoms with Crippen molar-refractivity contribution >= 4 is 23.5 Å². The fourth-order valence-electron chi connectivity index (χ4n) is 1.46. The van der Waals surface area contributed by atoms with Crippen LogP contribution in [0.4, 0.5) is 0 Å². The number of hydrogen-bond donors (Lipinski definition) is 3. The molecule has 1 aromatic rings. The highest BCUT2D eigenvalue weighted by Gasteiger charge is 2.20. The third-order valence-electron chi connectivity index (χ3n) is 2.47. The van der Waals surface area contributed by atoms with Crippen LogP contribution in [-0.4, -0.2) is 34.7 Å². The Hall–Kier alpha value is -1.59. The summed E-state index contributed by atoms with van der Waals surface area (Å²) in [5.74, 6) is -1.70. The van der Waals surface area contributed by atoms with Gasteiger partial charge in [0.15, 0.2) is 0 Å². The van der Waals surface area contributed by atoms with Crippen molar-refractivity contribution < 1.29 is 19.8 Å². The standard InChI is InChI=1S/C12H14ClNO4/c1-7-2-3-8(13)6-9(7)11(16)14-10(4-5-15)12(17)18/h2-3,6,10,15H,4-5H2,1H3,(H,14,16)(H,17,18)/t10-/m1/s1. The smallest absolute Gasteiger partial charge is 0.326 e. The molecule has 0 aliphatic heterocycles. The zero-order valence-corrected chi connectivity index (χ0v) is 10.6. The van der Waals surface area contributed by atoms with E-state index < -0.39 is 17.9 Å². The molecule has 18 heavy (non-hydrogen) atoms. The molecule has 6 heteroatoms. The van der Waals surface area contributed by atoms with Crippen molar-refractivity contribution in [2.45, 2.75) is 19.4 Å². The van der Waals surface area contributed by atoms with Gasteiger partial charge >= 0.3 is 5.97 Å². The lowest BCUT2D eigenvalue weighted by Gasteiger charge is -2.14.